The van der Waals surface area contributed by atoms with Gasteiger partial charge >= 0.3 is 0 Å². The average Bonchev–Trinajstić information content (AvgIpc) is 2.89. The van der Waals surface area contributed by atoms with Crippen LogP contribution in [0.3, 0.4) is 0 Å². The molecular formula is C32H66NO7P. The summed E-state index contributed by atoms with van der Waals surface area (Å²) in [6.07, 6.45) is 22.7. The molecule has 0 bridgehead atoms. The van der Waals surface area contributed by atoms with Crippen molar-refractivity contribution in [2.45, 2.75) is 142 Å². The van der Waals surface area contributed by atoms with E-state index in [4.69, 9.17) is 18.5 Å². The lowest BCUT2D eigenvalue weighted by Crippen LogP contribution is -2.37. The third-order valence-corrected chi connectivity index (χ3v) is 8.12. The predicted octanol–water partition coefficient (Wildman–Crippen LogP) is 7.62. The Morgan fingerprint density at radius 1 is 0.683 bits per heavy atom. The number of phosphoric ester groups is 1. The molecular weight excluding hydrogens is 541 g/mol. The summed E-state index contributed by atoms with van der Waals surface area (Å²) in [7, 11) is 1.49. The summed E-state index contributed by atoms with van der Waals surface area (Å²) >= 11 is 0. The number of ketones is 1. The van der Waals surface area contributed by atoms with Gasteiger partial charge in [0.05, 0.1) is 34.4 Å². The van der Waals surface area contributed by atoms with Gasteiger partial charge in [0.15, 0.2) is 0 Å². The molecule has 0 radical (unpaired) electrons. The van der Waals surface area contributed by atoms with Crippen LogP contribution in [0.5, 0.6) is 0 Å². The Morgan fingerprint density at radius 3 is 1.66 bits per heavy atom. The zero-order valence-corrected chi connectivity index (χ0v) is 28.4. The number of carbonyl (C=O) groups excluding carboxylic acids is 1. The Labute approximate surface area is 253 Å². The molecule has 0 aromatic heterocycles. The van der Waals surface area contributed by atoms with Crippen LogP contribution in [0.4, 0.5) is 0 Å². The SMILES string of the molecule is CCCCCCCCCCCCCCCCCCOC[C@H](COP(=O)([O-])OCC[N+](C)(C)C)OCCCCC(C)=O. The van der Waals surface area contributed by atoms with E-state index in [1.165, 1.54) is 89.9 Å². The molecule has 0 amide bonds. The second kappa shape index (κ2) is 27.2. The van der Waals surface area contributed by atoms with Crippen LogP contribution in [0.1, 0.15) is 136 Å². The number of ether oxygens (including phenoxy) is 2. The van der Waals surface area contributed by atoms with Crippen LogP contribution in [-0.4, -0.2) is 77.1 Å². The van der Waals surface area contributed by atoms with E-state index < -0.39 is 13.9 Å². The maximum Gasteiger partial charge on any atom is 0.268 e. The fraction of sp³-hybridized carbons (Fsp3) is 0.969. The molecule has 0 aliphatic carbocycles. The molecule has 8 nitrogen and oxygen atoms in total. The van der Waals surface area contributed by atoms with Crippen molar-refractivity contribution in [2.24, 2.45) is 0 Å². The minimum absolute atomic E-state index is 0.0661. The molecule has 0 saturated heterocycles. The maximum absolute atomic E-state index is 12.2. The van der Waals surface area contributed by atoms with Gasteiger partial charge in [-0.25, -0.2) is 0 Å². The number of hydrogen-bond donors (Lipinski definition) is 0. The van der Waals surface area contributed by atoms with Gasteiger partial charge in [0.2, 0.25) is 0 Å². The lowest BCUT2D eigenvalue weighted by molar-refractivity contribution is -0.870. The number of quaternary nitrogens is 1. The van der Waals surface area contributed by atoms with Crippen molar-refractivity contribution in [1.29, 1.82) is 0 Å². The summed E-state index contributed by atoms with van der Waals surface area (Å²) in [4.78, 5) is 23.3. The highest BCUT2D eigenvalue weighted by Gasteiger charge is 2.18. The predicted molar refractivity (Wildman–Crippen MR) is 167 cm³/mol. The maximum atomic E-state index is 12.2. The number of nitrogens with zero attached hydrogens (tertiary/aromatic N) is 1. The average molecular weight is 608 g/mol. The number of hydrogen-bond acceptors (Lipinski definition) is 7. The largest absolute Gasteiger partial charge is 0.756 e. The van der Waals surface area contributed by atoms with Crippen molar-refractivity contribution in [3.63, 3.8) is 0 Å². The Morgan fingerprint density at radius 2 is 1.17 bits per heavy atom. The topological polar surface area (TPSA) is 94.1 Å². The van der Waals surface area contributed by atoms with Gasteiger partial charge in [-0.1, -0.05) is 103 Å². The Bertz CT molecular complexity index is 642. The fourth-order valence-electron chi connectivity index (χ4n) is 4.48. The smallest absolute Gasteiger partial charge is 0.268 e. The minimum atomic E-state index is -4.41. The zero-order chi connectivity index (χ0) is 30.7. The highest BCUT2D eigenvalue weighted by molar-refractivity contribution is 7.45. The molecule has 0 aromatic rings. The fourth-order valence-corrected chi connectivity index (χ4v) is 5.20. The van der Waals surface area contributed by atoms with Gasteiger partial charge in [0.1, 0.15) is 25.0 Å². The highest BCUT2D eigenvalue weighted by atomic mass is 31.2. The number of carbonyl (C=O) groups is 1. The number of likely N-dealkylation sites (N-methyl/N-ethyl adjacent to an activating group) is 1. The van der Waals surface area contributed by atoms with Crippen LogP contribution in [0.25, 0.3) is 0 Å². The van der Waals surface area contributed by atoms with Gasteiger partial charge in [0.25, 0.3) is 7.82 Å². The first-order valence-corrected chi connectivity index (χ1v) is 18.1. The van der Waals surface area contributed by atoms with E-state index in [2.05, 4.69) is 6.92 Å². The Balaban J connectivity index is 3.95. The standard InChI is InChI=1S/C32H66NO7P/c1-6-7-8-9-10-11-12-13-14-15-16-17-18-19-20-22-26-37-29-32(38-27-23-21-24-31(2)34)30-40-41(35,36)39-28-25-33(3,4)5/h32H,6-30H2,1-5H3/t32-/m1/s1. The van der Waals surface area contributed by atoms with Crippen LogP contribution in [0.2, 0.25) is 0 Å². The van der Waals surface area contributed by atoms with Crippen molar-refractivity contribution in [1.82, 2.24) is 0 Å². The van der Waals surface area contributed by atoms with Gasteiger partial charge in [-0.3, -0.25) is 4.57 Å². The molecule has 0 aromatic carbocycles. The Hall–Kier alpha value is -0.340. The quantitative estimate of drug-likeness (QED) is 0.0441. The van der Waals surface area contributed by atoms with E-state index in [0.29, 0.717) is 30.7 Å². The minimum Gasteiger partial charge on any atom is -0.756 e. The first-order chi connectivity index (χ1) is 19.6. The van der Waals surface area contributed by atoms with Crippen molar-refractivity contribution in [3.8, 4) is 0 Å². The molecule has 0 saturated carbocycles. The number of phosphoric acid groups is 1. The summed E-state index contributed by atoms with van der Waals surface area (Å²) in [6.45, 7) is 5.64. The van der Waals surface area contributed by atoms with Crippen molar-refractivity contribution in [2.75, 3.05) is 60.7 Å². The van der Waals surface area contributed by atoms with Crippen LogP contribution in [0.15, 0.2) is 0 Å². The summed E-state index contributed by atoms with van der Waals surface area (Å²) in [6, 6.07) is 0. The Kier molecular flexibility index (Phi) is 27.0. The molecule has 0 heterocycles. The van der Waals surface area contributed by atoms with Gasteiger partial charge in [-0.2, -0.15) is 0 Å². The molecule has 246 valence electrons. The zero-order valence-electron chi connectivity index (χ0n) is 27.5. The third-order valence-electron chi connectivity index (χ3n) is 7.15. The highest BCUT2D eigenvalue weighted by Crippen LogP contribution is 2.38. The summed E-state index contributed by atoms with van der Waals surface area (Å²) < 4.78 is 34.5. The molecule has 0 aliphatic rings. The van der Waals surface area contributed by atoms with Crippen molar-refractivity contribution >= 4 is 13.6 Å². The summed E-state index contributed by atoms with van der Waals surface area (Å²) in [5, 5.41) is 0. The van der Waals surface area contributed by atoms with E-state index in [-0.39, 0.29) is 25.6 Å². The van der Waals surface area contributed by atoms with Crippen LogP contribution in [0, 0.1) is 0 Å². The summed E-state index contributed by atoms with van der Waals surface area (Å²) in [5.41, 5.74) is 0. The lowest BCUT2D eigenvalue weighted by atomic mass is 10.0. The molecule has 2 atom stereocenters. The molecule has 0 N–H and O–H groups in total. The molecule has 0 spiro atoms. The third kappa shape index (κ3) is 32.4. The van der Waals surface area contributed by atoms with E-state index in [1.807, 2.05) is 21.1 Å². The van der Waals surface area contributed by atoms with Crippen LogP contribution >= 0.6 is 7.82 Å². The molecule has 0 aliphatic heterocycles. The van der Waals surface area contributed by atoms with E-state index in [9.17, 15) is 14.3 Å². The van der Waals surface area contributed by atoms with Crippen LogP contribution in [-0.2, 0) is 27.9 Å². The molecule has 0 rings (SSSR count). The molecule has 41 heavy (non-hydrogen) atoms. The van der Waals surface area contributed by atoms with E-state index in [0.717, 1.165) is 25.7 Å². The molecule has 1 unspecified atom stereocenters. The number of Topliss-reactive ketones (excluding diaryl/α,β-unsaturated/α-hetero) is 1. The monoisotopic (exact) mass is 607 g/mol. The second-order valence-electron chi connectivity index (χ2n) is 12.6. The van der Waals surface area contributed by atoms with Crippen LogP contribution < -0.4 is 4.89 Å². The normalized spacial score (nSPS) is 14.3. The van der Waals surface area contributed by atoms with Crippen molar-refractivity contribution < 1.29 is 37.3 Å². The van der Waals surface area contributed by atoms with Gasteiger partial charge in [0, 0.05) is 19.6 Å². The first-order valence-electron chi connectivity index (χ1n) is 16.6. The number of rotatable bonds is 32. The van der Waals surface area contributed by atoms with Crippen molar-refractivity contribution in [3.05, 3.63) is 0 Å². The van der Waals surface area contributed by atoms with Gasteiger partial charge in [-0.15, -0.1) is 0 Å². The second-order valence-corrected chi connectivity index (χ2v) is 14.0. The number of unbranched alkanes of at least 4 members (excludes halogenated alkanes) is 16. The first kappa shape index (κ1) is 40.7. The lowest BCUT2D eigenvalue weighted by Gasteiger charge is -2.28. The van der Waals surface area contributed by atoms with Gasteiger partial charge < -0.3 is 32.7 Å². The summed E-state index contributed by atoms with van der Waals surface area (Å²) in [5.74, 6) is 0.158. The molecule has 9 heteroatoms. The van der Waals surface area contributed by atoms with E-state index >= 15 is 0 Å². The van der Waals surface area contributed by atoms with Gasteiger partial charge in [-0.05, 0) is 26.2 Å². The van der Waals surface area contributed by atoms with E-state index in [1.54, 1.807) is 6.92 Å². The molecule has 0 fully saturated rings.